The highest BCUT2D eigenvalue weighted by molar-refractivity contribution is 5.91. The van der Waals surface area contributed by atoms with E-state index in [1.165, 1.54) is 62.8 Å². The van der Waals surface area contributed by atoms with Crippen LogP contribution >= 0.6 is 0 Å². The number of hydrogen-bond donors (Lipinski definition) is 3. The Morgan fingerprint density at radius 3 is 2.10 bits per heavy atom. The fourth-order valence-corrected chi connectivity index (χ4v) is 6.50. The van der Waals surface area contributed by atoms with Crippen LogP contribution in [0.25, 0.3) is 0 Å². The van der Waals surface area contributed by atoms with E-state index in [2.05, 4.69) is 17.6 Å². The highest BCUT2D eigenvalue weighted by atomic mass is 19.1. The van der Waals surface area contributed by atoms with Crippen LogP contribution in [0.4, 0.5) is 10.1 Å². The van der Waals surface area contributed by atoms with Gasteiger partial charge in [-0.05, 0) is 92.9 Å². The summed E-state index contributed by atoms with van der Waals surface area (Å²) in [7, 11) is 1.85. The molecule has 3 N–H and O–H groups in total. The standard InChI is InChI=1S/C23H32FN3O2/c1-15(23-10-16-7-17(11-23)9-18(8-16)12-23)25-21(28)13-27(2)14-22(29)26-20-5-3-19(24)4-6-20/h3-6,15-18H,7-14H2,1-2H3,(H,25,28)(H,26,29)/p+1/t15-,16?,17?,18?,23?/m0/s1. The summed E-state index contributed by atoms with van der Waals surface area (Å²) in [6, 6.07) is 5.88. The summed E-state index contributed by atoms with van der Waals surface area (Å²) in [5.41, 5.74) is 0.849. The van der Waals surface area contributed by atoms with E-state index in [-0.39, 0.29) is 42.2 Å². The van der Waals surface area contributed by atoms with Gasteiger partial charge < -0.3 is 15.5 Å². The van der Waals surface area contributed by atoms with Crippen molar-refractivity contribution >= 4 is 17.5 Å². The Morgan fingerprint density at radius 2 is 1.55 bits per heavy atom. The summed E-state index contributed by atoms with van der Waals surface area (Å²) in [6.07, 6.45) is 8.00. The Hall–Kier alpha value is -1.95. The molecule has 0 heterocycles. The molecule has 6 heteroatoms. The third-order valence-corrected chi connectivity index (χ3v) is 7.43. The van der Waals surface area contributed by atoms with Crippen molar-refractivity contribution in [2.45, 2.75) is 51.5 Å². The Bertz CT molecular complexity index is 729. The van der Waals surface area contributed by atoms with Gasteiger partial charge in [0.05, 0.1) is 7.05 Å². The molecule has 4 saturated carbocycles. The van der Waals surface area contributed by atoms with Crippen LogP contribution in [-0.2, 0) is 9.59 Å². The van der Waals surface area contributed by atoms with Gasteiger partial charge in [0.25, 0.3) is 11.8 Å². The lowest BCUT2D eigenvalue weighted by Gasteiger charge is -2.59. The zero-order valence-corrected chi connectivity index (χ0v) is 17.5. The fraction of sp³-hybridized carbons (Fsp3) is 0.652. The molecule has 4 aliphatic carbocycles. The van der Waals surface area contributed by atoms with Crippen molar-refractivity contribution in [1.82, 2.24) is 5.32 Å². The Labute approximate surface area is 172 Å². The highest BCUT2D eigenvalue weighted by Gasteiger charge is 2.53. The molecule has 1 aromatic carbocycles. The lowest BCUT2D eigenvalue weighted by molar-refractivity contribution is -0.862. The molecule has 4 bridgehead atoms. The number of carbonyl (C=O) groups excluding carboxylic acids is 2. The summed E-state index contributed by atoms with van der Waals surface area (Å²) < 4.78 is 13.0. The monoisotopic (exact) mass is 402 g/mol. The number of anilines is 1. The van der Waals surface area contributed by atoms with Crippen LogP contribution < -0.4 is 15.5 Å². The zero-order valence-electron chi connectivity index (χ0n) is 17.5. The van der Waals surface area contributed by atoms with Crippen LogP contribution in [0.1, 0.15) is 45.4 Å². The predicted octanol–water partition coefficient (Wildman–Crippen LogP) is 2.00. The van der Waals surface area contributed by atoms with Gasteiger partial charge >= 0.3 is 0 Å². The Kier molecular flexibility index (Phi) is 5.65. The minimum atomic E-state index is -0.337. The number of benzene rings is 1. The molecule has 2 amide bonds. The zero-order chi connectivity index (χ0) is 20.6. The van der Waals surface area contributed by atoms with E-state index in [9.17, 15) is 14.0 Å². The van der Waals surface area contributed by atoms with Crippen LogP contribution in [0.3, 0.4) is 0 Å². The SMILES string of the molecule is C[C@H](NC(=O)C[NH+](C)CC(=O)Nc1ccc(F)cc1)C12CC3CC(CC(C3)C1)C2. The molecular weight excluding hydrogens is 369 g/mol. The van der Waals surface area contributed by atoms with Crippen LogP contribution in [0.2, 0.25) is 0 Å². The summed E-state index contributed by atoms with van der Waals surface area (Å²) in [5.74, 6) is 2.09. The molecule has 29 heavy (non-hydrogen) atoms. The largest absolute Gasteiger partial charge is 0.348 e. The molecule has 4 aliphatic rings. The number of halogens is 1. The van der Waals surface area contributed by atoms with Gasteiger partial charge in [-0.15, -0.1) is 0 Å². The van der Waals surface area contributed by atoms with E-state index in [0.717, 1.165) is 22.7 Å². The second-order valence-electron chi connectivity index (χ2n) is 9.93. The number of carbonyl (C=O) groups is 2. The van der Waals surface area contributed by atoms with Gasteiger partial charge in [-0.1, -0.05) is 0 Å². The molecule has 0 saturated heterocycles. The summed E-state index contributed by atoms with van der Waals surface area (Å²) in [6.45, 7) is 2.64. The smallest absolute Gasteiger partial charge is 0.279 e. The topological polar surface area (TPSA) is 62.6 Å². The van der Waals surface area contributed by atoms with Crippen LogP contribution in [0.5, 0.6) is 0 Å². The number of nitrogens with one attached hydrogen (secondary N) is 3. The van der Waals surface area contributed by atoms with Crippen molar-refractivity contribution in [3.63, 3.8) is 0 Å². The second kappa shape index (κ2) is 8.05. The fourth-order valence-electron chi connectivity index (χ4n) is 6.50. The molecule has 5 rings (SSSR count). The minimum absolute atomic E-state index is 0.0142. The number of likely N-dealkylation sites (N-methyl/N-ethyl adjacent to an activating group) is 1. The molecule has 0 radical (unpaired) electrons. The van der Waals surface area contributed by atoms with Crippen molar-refractivity contribution in [2.75, 3.05) is 25.5 Å². The third-order valence-electron chi connectivity index (χ3n) is 7.43. The van der Waals surface area contributed by atoms with E-state index < -0.39 is 0 Å². The molecule has 158 valence electrons. The quantitative estimate of drug-likeness (QED) is 0.653. The first-order valence-electron chi connectivity index (χ1n) is 11.0. The average Bonchev–Trinajstić information content (AvgIpc) is 2.62. The van der Waals surface area contributed by atoms with Crippen molar-refractivity contribution in [3.05, 3.63) is 30.1 Å². The molecule has 5 nitrogen and oxygen atoms in total. The molecule has 4 fully saturated rings. The maximum absolute atomic E-state index is 13.0. The molecule has 1 unspecified atom stereocenters. The van der Waals surface area contributed by atoms with E-state index in [1.807, 2.05) is 7.05 Å². The highest BCUT2D eigenvalue weighted by Crippen LogP contribution is 2.61. The van der Waals surface area contributed by atoms with E-state index in [0.29, 0.717) is 5.69 Å². The first-order valence-corrected chi connectivity index (χ1v) is 11.0. The summed E-state index contributed by atoms with van der Waals surface area (Å²) in [4.78, 5) is 25.6. The lowest BCUT2D eigenvalue weighted by Crippen LogP contribution is -3.11. The van der Waals surface area contributed by atoms with Gasteiger partial charge in [-0.25, -0.2) is 4.39 Å². The average molecular weight is 403 g/mol. The molecule has 0 aliphatic heterocycles. The molecule has 1 aromatic rings. The van der Waals surface area contributed by atoms with Gasteiger partial charge in [0.15, 0.2) is 13.1 Å². The Morgan fingerprint density at radius 1 is 1.03 bits per heavy atom. The van der Waals surface area contributed by atoms with E-state index in [4.69, 9.17) is 0 Å². The molecular formula is C23H33FN3O2+. The number of amides is 2. The first-order chi connectivity index (χ1) is 13.8. The second-order valence-corrected chi connectivity index (χ2v) is 9.93. The molecule has 0 spiro atoms. The molecule has 0 aromatic heterocycles. The van der Waals surface area contributed by atoms with Crippen molar-refractivity contribution in [3.8, 4) is 0 Å². The number of hydrogen-bond acceptors (Lipinski definition) is 2. The maximum atomic E-state index is 13.0. The maximum Gasteiger partial charge on any atom is 0.279 e. The van der Waals surface area contributed by atoms with Crippen LogP contribution in [0, 0.1) is 29.0 Å². The normalized spacial score (nSPS) is 31.9. The third kappa shape index (κ3) is 4.63. The lowest BCUT2D eigenvalue weighted by atomic mass is 9.48. The summed E-state index contributed by atoms with van der Waals surface area (Å²) >= 11 is 0. The number of rotatable bonds is 7. The van der Waals surface area contributed by atoms with E-state index in [1.54, 1.807) is 0 Å². The first kappa shape index (κ1) is 20.3. The van der Waals surface area contributed by atoms with Gasteiger partial charge in [0, 0.05) is 11.7 Å². The van der Waals surface area contributed by atoms with Crippen molar-refractivity contribution in [2.24, 2.45) is 23.2 Å². The minimum Gasteiger partial charge on any atom is -0.348 e. The van der Waals surface area contributed by atoms with Crippen molar-refractivity contribution in [1.29, 1.82) is 0 Å². The van der Waals surface area contributed by atoms with Gasteiger partial charge in [-0.2, -0.15) is 0 Å². The van der Waals surface area contributed by atoms with E-state index >= 15 is 0 Å². The van der Waals surface area contributed by atoms with Crippen LogP contribution in [0.15, 0.2) is 24.3 Å². The van der Waals surface area contributed by atoms with Gasteiger partial charge in [0.1, 0.15) is 5.82 Å². The molecule has 2 atom stereocenters. The Balaban J connectivity index is 1.25. The predicted molar refractivity (Wildman–Crippen MR) is 110 cm³/mol. The van der Waals surface area contributed by atoms with Crippen molar-refractivity contribution < 1.29 is 18.9 Å². The number of quaternary nitrogens is 1. The van der Waals surface area contributed by atoms with Crippen LogP contribution in [-0.4, -0.2) is 38.0 Å². The van der Waals surface area contributed by atoms with Gasteiger partial charge in [-0.3, -0.25) is 9.59 Å². The summed E-state index contributed by atoms with van der Waals surface area (Å²) in [5, 5.41) is 6.01. The van der Waals surface area contributed by atoms with Gasteiger partial charge in [0.2, 0.25) is 0 Å².